The minimum Gasteiger partial charge on any atom is -0.396 e. The lowest BCUT2D eigenvalue weighted by atomic mass is 9.89. The number of nitrogens with zero attached hydrogens (tertiary/aromatic N) is 5. The van der Waals surface area contributed by atoms with Crippen molar-refractivity contribution >= 4 is 22.6 Å². The zero-order chi connectivity index (χ0) is 26.3. The number of hydrogen-bond donors (Lipinski definition) is 1. The van der Waals surface area contributed by atoms with Gasteiger partial charge in [0.2, 0.25) is 5.82 Å². The molecule has 8 nitrogen and oxygen atoms in total. The number of halogens is 1. The molecule has 5 rings (SSSR count). The number of pyridine rings is 2. The van der Waals surface area contributed by atoms with Gasteiger partial charge in [-0.1, -0.05) is 12.1 Å². The fourth-order valence-electron chi connectivity index (χ4n) is 5.14. The molecule has 0 unspecified atom stereocenters. The van der Waals surface area contributed by atoms with Crippen LogP contribution in [-0.2, 0) is 13.6 Å². The smallest absolute Gasteiger partial charge is 0.293 e. The van der Waals surface area contributed by atoms with Gasteiger partial charge in [0.05, 0.1) is 11.4 Å². The van der Waals surface area contributed by atoms with Crippen LogP contribution in [0.5, 0.6) is 0 Å². The van der Waals surface area contributed by atoms with Gasteiger partial charge in [0.25, 0.3) is 11.5 Å². The number of rotatable bonds is 5. The van der Waals surface area contributed by atoms with Gasteiger partial charge in [-0.3, -0.25) is 19.1 Å². The Kier molecular flexibility index (Phi) is 6.55. The molecule has 3 aromatic heterocycles. The number of piperidine rings is 1. The molecule has 4 heterocycles. The number of aromatic nitrogens is 3. The van der Waals surface area contributed by atoms with E-state index in [1.807, 2.05) is 29.8 Å². The summed E-state index contributed by atoms with van der Waals surface area (Å²) in [7, 11) is 5.48. The molecular weight excluding hydrogens is 471 g/mol. The first-order valence-corrected chi connectivity index (χ1v) is 12.4. The summed E-state index contributed by atoms with van der Waals surface area (Å²) >= 11 is 0. The number of nitrogen functional groups attached to an aromatic ring is 1. The summed E-state index contributed by atoms with van der Waals surface area (Å²) in [4.78, 5) is 33.2. The van der Waals surface area contributed by atoms with E-state index in [0.29, 0.717) is 17.2 Å². The van der Waals surface area contributed by atoms with Gasteiger partial charge in [-0.2, -0.15) is 4.39 Å². The molecule has 192 valence electrons. The zero-order valence-electron chi connectivity index (χ0n) is 21.3. The molecule has 2 N–H and O–H groups in total. The molecule has 4 aromatic rings. The Morgan fingerprint density at radius 1 is 1.14 bits per heavy atom. The largest absolute Gasteiger partial charge is 0.396 e. The van der Waals surface area contributed by atoms with Gasteiger partial charge in [-0.05, 0) is 67.7 Å². The first-order valence-electron chi connectivity index (χ1n) is 12.4. The number of fused-ring (bicyclic) bond motifs is 1. The van der Waals surface area contributed by atoms with E-state index in [0.717, 1.165) is 49.2 Å². The molecule has 1 aliphatic heterocycles. The van der Waals surface area contributed by atoms with Gasteiger partial charge >= 0.3 is 0 Å². The van der Waals surface area contributed by atoms with Crippen LogP contribution in [0.25, 0.3) is 16.7 Å². The Morgan fingerprint density at radius 2 is 1.84 bits per heavy atom. The fourth-order valence-corrected chi connectivity index (χ4v) is 5.14. The Morgan fingerprint density at radius 3 is 2.51 bits per heavy atom. The van der Waals surface area contributed by atoms with E-state index in [9.17, 15) is 14.0 Å². The lowest BCUT2D eigenvalue weighted by Crippen LogP contribution is -2.33. The van der Waals surface area contributed by atoms with Crippen molar-refractivity contribution in [2.24, 2.45) is 7.05 Å². The zero-order valence-corrected chi connectivity index (χ0v) is 21.3. The van der Waals surface area contributed by atoms with Crippen molar-refractivity contribution in [3.8, 4) is 5.69 Å². The van der Waals surface area contributed by atoms with Gasteiger partial charge in [-0.15, -0.1) is 0 Å². The molecule has 1 saturated heterocycles. The van der Waals surface area contributed by atoms with Crippen LogP contribution >= 0.6 is 0 Å². The number of anilines is 1. The van der Waals surface area contributed by atoms with E-state index in [4.69, 9.17) is 5.73 Å². The summed E-state index contributed by atoms with van der Waals surface area (Å²) in [6, 6.07) is 13.1. The number of benzene rings is 1. The van der Waals surface area contributed by atoms with Crippen LogP contribution < -0.4 is 11.3 Å². The second-order valence-corrected chi connectivity index (χ2v) is 9.89. The van der Waals surface area contributed by atoms with E-state index >= 15 is 0 Å². The molecular formula is C28H31FN6O2. The number of carbonyl (C=O) groups excluding carboxylic acids is 1. The van der Waals surface area contributed by atoms with E-state index in [1.165, 1.54) is 22.4 Å². The normalized spacial score (nSPS) is 14.8. The molecule has 0 spiro atoms. The summed E-state index contributed by atoms with van der Waals surface area (Å²) in [6.45, 7) is 2.65. The van der Waals surface area contributed by atoms with Crippen LogP contribution in [0.1, 0.15) is 40.4 Å². The molecule has 0 bridgehead atoms. The Balaban J connectivity index is 1.32. The third-order valence-electron chi connectivity index (χ3n) is 7.34. The molecule has 1 aromatic carbocycles. The molecule has 0 radical (unpaired) electrons. The molecule has 1 amide bonds. The molecule has 1 fully saturated rings. The average Bonchev–Trinajstić information content (AvgIpc) is 3.23. The van der Waals surface area contributed by atoms with Crippen LogP contribution in [0.4, 0.5) is 10.1 Å². The Bertz CT molecular complexity index is 1510. The van der Waals surface area contributed by atoms with E-state index in [1.54, 1.807) is 31.3 Å². The molecule has 1 aliphatic rings. The highest BCUT2D eigenvalue weighted by Gasteiger charge is 2.23. The standard InChI is InChI=1S/C28H31FN6O2/c1-32(2)27(36)20-6-4-18(5-7-20)19-9-13-34(14-10-19)17-21-16-22-24(8-12-31-26(22)33(21)3)35-15-11-23(30)25(29)28(35)37/h4-8,11-12,15-16,19H,9-10,13-14,17,30H2,1-3H3. The number of hydrogen-bond acceptors (Lipinski definition) is 5. The third-order valence-corrected chi connectivity index (χ3v) is 7.34. The number of aryl methyl sites for hydroxylation is 1. The average molecular weight is 503 g/mol. The number of nitrogens with two attached hydrogens (primary N) is 1. The predicted octanol–water partition coefficient (Wildman–Crippen LogP) is 3.53. The van der Waals surface area contributed by atoms with Gasteiger partial charge in [0, 0.05) is 56.7 Å². The fraction of sp³-hybridized carbons (Fsp3) is 0.321. The minimum atomic E-state index is -0.953. The maximum Gasteiger partial charge on any atom is 0.293 e. The van der Waals surface area contributed by atoms with E-state index < -0.39 is 11.4 Å². The van der Waals surface area contributed by atoms with Crippen molar-refractivity contribution in [2.75, 3.05) is 32.9 Å². The van der Waals surface area contributed by atoms with Crippen molar-refractivity contribution in [1.82, 2.24) is 23.9 Å². The monoisotopic (exact) mass is 502 g/mol. The second kappa shape index (κ2) is 9.82. The van der Waals surface area contributed by atoms with E-state index in [-0.39, 0.29) is 11.6 Å². The summed E-state index contributed by atoms with van der Waals surface area (Å²) in [6.07, 6.45) is 5.20. The van der Waals surface area contributed by atoms with Crippen molar-refractivity contribution < 1.29 is 9.18 Å². The highest BCUT2D eigenvalue weighted by molar-refractivity contribution is 5.93. The highest BCUT2D eigenvalue weighted by Crippen LogP contribution is 2.30. The van der Waals surface area contributed by atoms with Gasteiger partial charge in [0.15, 0.2) is 0 Å². The van der Waals surface area contributed by atoms with Gasteiger partial charge in [-0.25, -0.2) is 4.98 Å². The Labute approximate surface area is 214 Å². The molecule has 37 heavy (non-hydrogen) atoms. The number of carbonyl (C=O) groups is 1. The summed E-state index contributed by atoms with van der Waals surface area (Å²) in [5.41, 5.74) is 8.98. The quantitative estimate of drug-likeness (QED) is 0.451. The summed E-state index contributed by atoms with van der Waals surface area (Å²) in [5, 5.41) is 0.786. The molecule has 0 atom stereocenters. The maximum atomic E-state index is 14.2. The summed E-state index contributed by atoms with van der Waals surface area (Å²) < 4.78 is 17.5. The summed E-state index contributed by atoms with van der Waals surface area (Å²) in [5.74, 6) is -0.474. The van der Waals surface area contributed by atoms with Crippen molar-refractivity contribution in [3.05, 3.63) is 87.9 Å². The van der Waals surface area contributed by atoms with Gasteiger partial charge in [0.1, 0.15) is 5.65 Å². The molecule has 0 aliphatic carbocycles. The lowest BCUT2D eigenvalue weighted by Gasteiger charge is -2.32. The first-order chi connectivity index (χ1) is 17.7. The SMILES string of the molecule is CN(C)C(=O)c1ccc(C2CCN(Cc3cc4c(-n5ccc(N)c(F)c5=O)ccnc4n3C)CC2)cc1. The Hall–Kier alpha value is -3.98. The van der Waals surface area contributed by atoms with Crippen LogP contribution in [0.2, 0.25) is 0 Å². The predicted molar refractivity (Wildman–Crippen MR) is 142 cm³/mol. The van der Waals surface area contributed by atoms with Gasteiger partial charge < -0.3 is 15.2 Å². The second-order valence-electron chi connectivity index (χ2n) is 9.89. The van der Waals surface area contributed by atoms with Crippen LogP contribution in [0.15, 0.2) is 59.7 Å². The van der Waals surface area contributed by atoms with Crippen molar-refractivity contribution in [2.45, 2.75) is 25.3 Å². The van der Waals surface area contributed by atoms with E-state index in [2.05, 4.69) is 22.0 Å². The molecule has 0 saturated carbocycles. The molecule has 9 heteroatoms. The highest BCUT2D eigenvalue weighted by atomic mass is 19.1. The number of likely N-dealkylation sites (tertiary alicyclic amines) is 1. The van der Waals surface area contributed by atoms with Crippen LogP contribution in [0.3, 0.4) is 0 Å². The minimum absolute atomic E-state index is 0.0142. The number of amides is 1. The van der Waals surface area contributed by atoms with Crippen molar-refractivity contribution in [3.63, 3.8) is 0 Å². The van der Waals surface area contributed by atoms with Crippen LogP contribution in [-0.4, -0.2) is 57.0 Å². The van der Waals surface area contributed by atoms with Crippen LogP contribution in [0, 0.1) is 5.82 Å². The first kappa shape index (κ1) is 24.7. The maximum absolute atomic E-state index is 14.2. The third kappa shape index (κ3) is 4.62. The van der Waals surface area contributed by atoms with Crippen molar-refractivity contribution in [1.29, 1.82) is 0 Å². The lowest BCUT2D eigenvalue weighted by molar-refractivity contribution is 0.0827. The topological polar surface area (TPSA) is 89.4 Å².